The summed E-state index contributed by atoms with van der Waals surface area (Å²) in [6.45, 7) is 5.00. The number of nitrogens with one attached hydrogen (secondary N) is 1. The van der Waals surface area contributed by atoms with E-state index in [9.17, 15) is 9.59 Å². The minimum absolute atomic E-state index is 0.0595. The van der Waals surface area contributed by atoms with Crippen molar-refractivity contribution >= 4 is 11.8 Å². The number of carbonyl (C=O) groups excluding carboxylic acids is 2. The fourth-order valence-electron chi connectivity index (χ4n) is 2.61. The maximum atomic E-state index is 12.2. The number of carbonyl (C=O) groups is 2. The molecule has 1 fully saturated rings. The van der Waals surface area contributed by atoms with Gasteiger partial charge in [0.25, 0.3) is 0 Å². The fraction of sp³-hybridized carbons (Fsp3) is 0.714. The molecule has 2 rings (SSSR count). The van der Waals surface area contributed by atoms with Gasteiger partial charge < -0.3 is 10.2 Å². The van der Waals surface area contributed by atoms with Gasteiger partial charge in [0, 0.05) is 20.0 Å². The van der Waals surface area contributed by atoms with Gasteiger partial charge in [0.15, 0.2) is 0 Å². The van der Waals surface area contributed by atoms with Gasteiger partial charge in [-0.1, -0.05) is 13.8 Å². The van der Waals surface area contributed by atoms with Crippen LogP contribution < -0.4 is 5.32 Å². The van der Waals surface area contributed by atoms with Crippen LogP contribution in [-0.2, 0) is 16.6 Å². The van der Waals surface area contributed by atoms with Crippen LogP contribution in [0.15, 0.2) is 6.33 Å². The van der Waals surface area contributed by atoms with Crippen LogP contribution in [0.25, 0.3) is 0 Å². The Kier molecular flexibility index (Phi) is 4.93. The third kappa shape index (κ3) is 4.03. The number of rotatable bonds is 6. The number of aryl methyl sites for hydroxylation is 1. The normalized spacial score (nSPS) is 16.6. The van der Waals surface area contributed by atoms with Crippen molar-refractivity contribution in [1.29, 1.82) is 0 Å². The van der Waals surface area contributed by atoms with Crippen LogP contribution in [-0.4, -0.2) is 44.6 Å². The summed E-state index contributed by atoms with van der Waals surface area (Å²) in [5.74, 6) is 1.08. The molecule has 7 heteroatoms. The van der Waals surface area contributed by atoms with Crippen molar-refractivity contribution in [3.05, 3.63) is 12.2 Å². The lowest BCUT2D eigenvalue weighted by molar-refractivity contribution is -0.133. The van der Waals surface area contributed by atoms with Gasteiger partial charge >= 0.3 is 0 Å². The molecule has 21 heavy (non-hydrogen) atoms. The highest BCUT2D eigenvalue weighted by atomic mass is 16.2. The Hall–Kier alpha value is -1.92. The molecule has 1 atom stereocenters. The Labute approximate surface area is 124 Å². The molecular weight excluding hydrogens is 270 g/mol. The molecule has 1 aliphatic rings. The van der Waals surface area contributed by atoms with Crippen LogP contribution in [0, 0.1) is 5.92 Å². The number of hydrogen-bond acceptors (Lipinski definition) is 4. The van der Waals surface area contributed by atoms with Crippen LogP contribution >= 0.6 is 0 Å². The first-order valence-electron chi connectivity index (χ1n) is 7.38. The van der Waals surface area contributed by atoms with Crippen molar-refractivity contribution in [3.8, 4) is 0 Å². The molecule has 0 bridgehead atoms. The second-order valence-corrected chi connectivity index (χ2v) is 5.91. The molecule has 2 heterocycles. The second kappa shape index (κ2) is 6.69. The predicted molar refractivity (Wildman–Crippen MR) is 77.2 cm³/mol. The minimum Gasteiger partial charge on any atom is -0.345 e. The standard InChI is InChI=1S/C14H23N5O2/c1-10(2)7-11(14-15-9-16-18(14)3)17-12(20)8-19-6-4-5-13(19)21/h9-11H,4-8H2,1-3H3,(H,17,20)/t11-/m0/s1. The molecule has 1 saturated heterocycles. The Morgan fingerprint density at radius 3 is 2.76 bits per heavy atom. The zero-order valence-electron chi connectivity index (χ0n) is 12.9. The largest absolute Gasteiger partial charge is 0.345 e. The Balaban J connectivity index is 1.99. The molecular formula is C14H23N5O2. The third-order valence-corrected chi connectivity index (χ3v) is 3.61. The van der Waals surface area contributed by atoms with E-state index < -0.39 is 0 Å². The average Bonchev–Trinajstić information content (AvgIpc) is 2.98. The van der Waals surface area contributed by atoms with E-state index >= 15 is 0 Å². The lowest BCUT2D eigenvalue weighted by Gasteiger charge is -2.22. The minimum atomic E-state index is -0.178. The summed E-state index contributed by atoms with van der Waals surface area (Å²) in [7, 11) is 1.81. The van der Waals surface area contributed by atoms with Crippen molar-refractivity contribution in [3.63, 3.8) is 0 Å². The molecule has 0 unspecified atom stereocenters. The van der Waals surface area contributed by atoms with Crippen LogP contribution in [0.1, 0.15) is 45.0 Å². The zero-order valence-corrected chi connectivity index (χ0v) is 12.9. The second-order valence-electron chi connectivity index (χ2n) is 5.91. The lowest BCUT2D eigenvalue weighted by Crippen LogP contribution is -2.40. The lowest BCUT2D eigenvalue weighted by atomic mass is 10.0. The van der Waals surface area contributed by atoms with Gasteiger partial charge in [0.2, 0.25) is 11.8 Å². The van der Waals surface area contributed by atoms with Gasteiger partial charge in [-0.25, -0.2) is 4.98 Å². The van der Waals surface area contributed by atoms with Crippen molar-refractivity contribution in [2.24, 2.45) is 13.0 Å². The van der Waals surface area contributed by atoms with Gasteiger partial charge in [-0.3, -0.25) is 14.3 Å². The molecule has 0 aromatic carbocycles. The monoisotopic (exact) mass is 293 g/mol. The quantitative estimate of drug-likeness (QED) is 0.834. The highest BCUT2D eigenvalue weighted by molar-refractivity contribution is 5.85. The van der Waals surface area contributed by atoms with E-state index in [-0.39, 0.29) is 24.4 Å². The Morgan fingerprint density at radius 1 is 1.48 bits per heavy atom. The van der Waals surface area contributed by atoms with E-state index in [4.69, 9.17) is 0 Å². The number of amides is 2. The Morgan fingerprint density at radius 2 is 2.24 bits per heavy atom. The predicted octanol–water partition coefficient (Wildman–Crippen LogP) is 0.641. The molecule has 0 radical (unpaired) electrons. The number of hydrogen-bond donors (Lipinski definition) is 1. The fourth-order valence-corrected chi connectivity index (χ4v) is 2.61. The maximum absolute atomic E-state index is 12.2. The third-order valence-electron chi connectivity index (χ3n) is 3.61. The van der Waals surface area contributed by atoms with E-state index in [1.807, 2.05) is 7.05 Å². The van der Waals surface area contributed by atoms with Crippen molar-refractivity contribution in [2.45, 2.75) is 39.2 Å². The molecule has 1 aromatic rings. The zero-order chi connectivity index (χ0) is 15.4. The number of likely N-dealkylation sites (tertiary alicyclic amines) is 1. The molecule has 0 saturated carbocycles. The highest BCUT2D eigenvalue weighted by Gasteiger charge is 2.25. The summed E-state index contributed by atoms with van der Waals surface area (Å²) >= 11 is 0. The molecule has 1 N–H and O–H groups in total. The van der Waals surface area contributed by atoms with Crippen LogP contribution in [0.4, 0.5) is 0 Å². The van der Waals surface area contributed by atoms with Gasteiger partial charge in [0.05, 0.1) is 12.6 Å². The maximum Gasteiger partial charge on any atom is 0.240 e. The van der Waals surface area contributed by atoms with Crippen molar-refractivity contribution in [2.75, 3.05) is 13.1 Å². The van der Waals surface area contributed by atoms with E-state index in [0.717, 1.165) is 18.7 Å². The highest BCUT2D eigenvalue weighted by Crippen LogP contribution is 2.19. The first-order valence-corrected chi connectivity index (χ1v) is 7.38. The van der Waals surface area contributed by atoms with Crippen molar-refractivity contribution in [1.82, 2.24) is 25.0 Å². The smallest absolute Gasteiger partial charge is 0.240 e. The van der Waals surface area contributed by atoms with Crippen LogP contribution in [0.5, 0.6) is 0 Å². The molecule has 0 spiro atoms. The molecule has 1 aliphatic heterocycles. The number of aromatic nitrogens is 3. The summed E-state index contributed by atoms with van der Waals surface area (Å²) < 4.78 is 1.67. The molecule has 0 aliphatic carbocycles. The topological polar surface area (TPSA) is 80.1 Å². The van der Waals surface area contributed by atoms with Gasteiger partial charge in [-0.05, 0) is 18.8 Å². The SMILES string of the molecule is CC(C)C[C@H](NC(=O)CN1CCCC1=O)c1ncnn1C. The Bertz CT molecular complexity index is 511. The van der Waals surface area contributed by atoms with Crippen molar-refractivity contribution < 1.29 is 9.59 Å². The molecule has 1 aromatic heterocycles. The van der Waals surface area contributed by atoms with E-state index in [0.29, 0.717) is 18.9 Å². The van der Waals surface area contributed by atoms with Crippen LogP contribution in [0.3, 0.4) is 0 Å². The molecule has 2 amide bonds. The first kappa shape index (κ1) is 15.5. The summed E-state index contributed by atoms with van der Waals surface area (Å²) in [5, 5.41) is 7.04. The van der Waals surface area contributed by atoms with E-state index in [1.165, 1.54) is 6.33 Å². The van der Waals surface area contributed by atoms with Gasteiger partial charge in [0.1, 0.15) is 12.2 Å². The summed E-state index contributed by atoms with van der Waals surface area (Å²) in [5.41, 5.74) is 0. The average molecular weight is 293 g/mol. The first-order chi connectivity index (χ1) is 9.97. The van der Waals surface area contributed by atoms with Gasteiger partial charge in [-0.2, -0.15) is 5.10 Å². The summed E-state index contributed by atoms with van der Waals surface area (Å²) in [6, 6.07) is -0.178. The van der Waals surface area contributed by atoms with Crippen LogP contribution in [0.2, 0.25) is 0 Å². The van der Waals surface area contributed by atoms with E-state index in [2.05, 4.69) is 29.2 Å². The van der Waals surface area contributed by atoms with E-state index in [1.54, 1.807) is 9.58 Å². The summed E-state index contributed by atoms with van der Waals surface area (Å²) in [4.78, 5) is 29.6. The summed E-state index contributed by atoms with van der Waals surface area (Å²) in [6.07, 6.45) is 3.65. The molecule has 7 nitrogen and oxygen atoms in total. The number of nitrogens with zero attached hydrogens (tertiary/aromatic N) is 4. The van der Waals surface area contributed by atoms with Gasteiger partial charge in [-0.15, -0.1) is 0 Å². The molecule has 116 valence electrons.